The number of amides is 2. The smallest absolute Gasteiger partial charge is 0.273 e. The number of halogens is 1. The molecule has 0 radical (unpaired) electrons. The van der Waals surface area contributed by atoms with E-state index in [2.05, 4.69) is 5.32 Å². The van der Waals surface area contributed by atoms with E-state index in [-0.39, 0.29) is 28.6 Å². The normalized spacial score (nSPS) is 12.3. The van der Waals surface area contributed by atoms with Crippen molar-refractivity contribution in [3.05, 3.63) is 92.5 Å². The number of benzene rings is 3. The van der Waals surface area contributed by atoms with Crippen LogP contribution in [0.25, 0.3) is 0 Å². The van der Waals surface area contributed by atoms with Crippen LogP contribution in [0.5, 0.6) is 5.75 Å². The molecule has 0 heterocycles. The van der Waals surface area contributed by atoms with Gasteiger partial charge in [0, 0.05) is 28.7 Å². The van der Waals surface area contributed by atoms with Gasteiger partial charge in [0.1, 0.15) is 18.3 Å². The number of hydrogen-bond donors (Lipinski definition) is 1. The molecule has 3 aromatic carbocycles. The molecule has 3 rings (SSSR count). The lowest BCUT2D eigenvalue weighted by Crippen LogP contribution is -2.54. The Kier molecular flexibility index (Phi) is 10.6. The van der Waals surface area contributed by atoms with E-state index in [0.29, 0.717) is 0 Å². The second-order valence-electron chi connectivity index (χ2n) is 11.5. The summed E-state index contributed by atoms with van der Waals surface area (Å²) < 4.78 is 34.6. The summed E-state index contributed by atoms with van der Waals surface area (Å²) in [5.41, 5.74) is 0.946. The second-order valence-corrected chi connectivity index (χ2v) is 13.8. The van der Waals surface area contributed by atoms with Crippen molar-refractivity contribution in [2.75, 3.05) is 18.0 Å². The van der Waals surface area contributed by atoms with Gasteiger partial charge in [0.05, 0.1) is 22.6 Å². The first kappa shape index (κ1) is 34.3. The van der Waals surface area contributed by atoms with Crippen molar-refractivity contribution in [2.45, 2.75) is 64.6 Å². The Hall–Kier alpha value is -4.16. The summed E-state index contributed by atoms with van der Waals surface area (Å²) in [7, 11) is -3.28. The van der Waals surface area contributed by atoms with Crippen LogP contribution in [0.1, 0.15) is 44.4 Å². The van der Waals surface area contributed by atoms with Gasteiger partial charge in [0.15, 0.2) is 0 Å². The quantitative estimate of drug-likeness (QED) is 0.218. The molecule has 44 heavy (non-hydrogen) atoms. The van der Waals surface area contributed by atoms with Crippen LogP contribution < -0.4 is 14.4 Å². The summed E-state index contributed by atoms with van der Waals surface area (Å²) in [6.45, 7) is 9.65. The molecule has 1 unspecified atom stereocenters. The zero-order chi connectivity index (χ0) is 33.0. The van der Waals surface area contributed by atoms with E-state index in [9.17, 15) is 28.1 Å². The van der Waals surface area contributed by atoms with E-state index in [4.69, 9.17) is 16.3 Å². The highest BCUT2D eigenvalue weighted by atomic mass is 35.5. The number of carbonyl (C=O) groups excluding carboxylic acids is 2. The first-order chi connectivity index (χ1) is 20.4. The van der Waals surface area contributed by atoms with Crippen molar-refractivity contribution < 1.29 is 27.7 Å². The summed E-state index contributed by atoms with van der Waals surface area (Å²) >= 11 is 6.26. The highest BCUT2D eigenvalue weighted by molar-refractivity contribution is 7.92. The van der Waals surface area contributed by atoms with Crippen LogP contribution in [0.4, 0.5) is 11.4 Å². The predicted molar refractivity (Wildman–Crippen MR) is 169 cm³/mol. The lowest BCUT2D eigenvalue weighted by molar-refractivity contribution is -0.385. The van der Waals surface area contributed by atoms with Gasteiger partial charge >= 0.3 is 0 Å². The molecule has 2 amide bonds. The number of nitro benzene ring substituents is 1. The summed E-state index contributed by atoms with van der Waals surface area (Å²) in [6.07, 6.45) is 0. The third kappa shape index (κ3) is 8.26. The first-order valence-corrected chi connectivity index (χ1v) is 15.5. The number of hydrogen-bond acceptors (Lipinski definition) is 7. The van der Waals surface area contributed by atoms with Crippen LogP contribution in [0.15, 0.2) is 65.6 Å². The maximum Gasteiger partial charge on any atom is 0.273 e. The van der Waals surface area contributed by atoms with Gasteiger partial charge in [0.25, 0.3) is 15.7 Å². The molecule has 0 saturated carbocycles. The molecular formula is C31H37ClN4O7S. The Labute approximate surface area is 263 Å². The van der Waals surface area contributed by atoms with Gasteiger partial charge in [-0.1, -0.05) is 47.5 Å². The number of rotatable bonds is 11. The van der Waals surface area contributed by atoms with Crippen LogP contribution in [0, 0.1) is 24.0 Å². The summed E-state index contributed by atoms with van der Waals surface area (Å²) in [4.78, 5) is 39.3. The molecule has 3 aromatic rings. The predicted octanol–water partition coefficient (Wildman–Crippen LogP) is 5.40. The van der Waals surface area contributed by atoms with Crippen molar-refractivity contribution in [1.82, 2.24) is 10.2 Å². The van der Waals surface area contributed by atoms with Gasteiger partial charge < -0.3 is 15.0 Å². The van der Waals surface area contributed by atoms with Crippen LogP contribution in [-0.4, -0.2) is 55.3 Å². The summed E-state index contributed by atoms with van der Waals surface area (Å²) in [6, 6.07) is 14.2. The molecule has 11 nitrogen and oxygen atoms in total. The number of nitrogens with zero attached hydrogens (tertiary/aromatic N) is 3. The number of carbonyl (C=O) groups is 2. The van der Waals surface area contributed by atoms with Gasteiger partial charge in [-0.2, -0.15) is 0 Å². The second kappa shape index (κ2) is 13.6. The largest absolute Gasteiger partial charge is 0.495 e. The molecule has 0 aromatic heterocycles. The highest BCUT2D eigenvalue weighted by Crippen LogP contribution is 2.36. The number of nitrogens with one attached hydrogen (secondary N) is 1. The maximum absolute atomic E-state index is 14.2. The highest BCUT2D eigenvalue weighted by Gasteiger charge is 2.35. The minimum atomic E-state index is -4.62. The Morgan fingerprint density at radius 3 is 2.25 bits per heavy atom. The summed E-state index contributed by atoms with van der Waals surface area (Å²) in [5, 5.41) is 14.7. The standard InChI is InChI=1S/C31H37ClN4O7S/c1-20-8-11-23(12-9-20)18-34(22(3)30(38)33-31(4,5)6)29(37)19-35(27-16-24(32)13-15-28(27)43-7)44(41,42)25-14-10-21(2)26(17-25)36(39)40/h8-17,22H,18-19H2,1-7H3,(H,33,38). The molecule has 1 N–H and O–H groups in total. The number of ether oxygens (including phenoxy) is 1. The lowest BCUT2D eigenvalue weighted by atomic mass is 10.1. The van der Waals surface area contributed by atoms with Gasteiger partial charge in [0.2, 0.25) is 11.8 Å². The van der Waals surface area contributed by atoms with E-state index < -0.39 is 55.5 Å². The zero-order valence-electron chi connectivity index (χ0n) is 25.8. The van der Waals surface area contributed by atoms with Crippen LogP contribution in [0.3, 0.4) is 0 Å². The van der Waals surface area contributed by atoms with Gasteiger partial charge in [-0.25, -0.2) is 8.42 Å². The molecular weight excluding hydrogens is 608 g/mol. The molecule has 0 fully saturated rings. The van der Waals surface area contributed by atoms with Gasteiger partial charge in [-0.3, -0.25) is 24.0 Å². The topological polar surface area (TPSA) is 139 Å². The molecule has 236 valence electrons. The fraction of sp³-hybridized carbons (Fsp3) is 0.355. The molecule has 0 aliphatic rings. The minimum Gasteiger partial charge on any atom is -0.495 e. The average Bonchev–Trinajstić information content (AvgIpc) is 2.94. The fourth-order valence-corrected chi connectivity index (χ4v) is 6.00. The van der Waals surface area contributed by atoms with Crippen LogP contribution in [0.2, 0.25) is 5.02 Å². The summed E-state index contributed by atoms with van der Waals surface area (Å²) in [5.74, 6) is -1.03. The SMILES string of the molecule is COc1ccc(Cl)cc1N(CC(=O)N(Cc1ccc(C)cc1)C(C)C(=O)NC(C)(C)C)S(=O)(=O)c1ccc(C)c([N+](=O)[O-])c1. The molecule has 0 bridgehead atoms. The van der Waals surface area contributed by atoms with E-state index in [0.717, 1.165) is 21.5 Å². The van der Waals surface area contributed by atoms with Crippen molar-refractivity contribution in [2.24, 2.45) is 0 Å². The molecule has 13 heteroatoms. The number of sulfonamides is 1. The third-order valence-corrected chi connectivity index (χ3v) is 8.78. The van der Waals surface area contributed by atoms with E-state index in [1.54, 1.807) is 6.92 Å². The number of nitro groups is 1. The molecule has 0 saturated heterocycles. The van der Waals surface area contributed by atoms with E-state index in [1.165, 1.54) is 49.3 Å². The minimum absolute atomic E-state index is 0.00835. The zero-order valence-corrected chi connectivity index (χ0v) is 27.3. The van der Waals surface area contributed by atoms with Crippen molar-refractivity contribution in [3.8, 4) is 5.75 Å². The van der Waals surface area contributed by atoms with Crippen molar-refractivity contribution in [3.63, 3.8) is 0 Å². The Morgan fingerprint density at radius 1 is 1.05 bits per heavy atom. The van der Waals surface area contributed by atoms with Gasteiger partial charge in [-0.05, 0) is 71.4 Å². The first-order valence-electron chi connectivity index (χ1n) is 13.7. The third-order valence-electron chi connectivity index (χ3n) is 6.79. The van der Waals surface area contributed by atoms with Crippen LogP contribution >= 0.6 is 11.6 Å². The van der Waals surface area contributed by atoms with Gasteiger partial charge in [-0.15, -0.1) is 0 Å². The molecule has 0 aliphatic carbocycles. The monoisotopic (exact) mass is 644 g/mol. The van der Waals surface area contributed by atoms with E-state index in [1.807, 2.05) is 52.0 Å². The molecule has 0 spiro atoms. The number of aryl methyl sites for hydroxylation is 2. The van der Waals surface area contributed by atoms with Crippen molar-refractivity contribution >= 4 is 44.8 Å². The van der Waals surface area contributed by atoms with Crippen molar-refractivity contribution in [1.29, 1.82) is 0 Å². The number of methoxy groups -OCH3 is 1. The van der Waals surface area contributed by atoms with Crippen LogP contribution in [-0.2, 0) is 26.2 Å². The van der Waals surface area contributed by atoms with E-state index >= 15 is 0 Å². The molecule has 0 aliphatic heterocycles. The number of anilines is 1. The maximum atomic E-state index is 14.2. The molecule has 1 atom stereocenters. The Bertz CT molecular complexity index is 1650. The Balaban J connectivity index is 2.16. The lowest BCUT2D eigenvalue weighted by Gasteiger charge is -2.33. The fourth-order valence-electron chi connectivity index (χ4n) is 4.39. The Morgan fingerprint density at radius 2 is 1.68 bits per heavy atom. The average molecular weight is 645 g/mol.